The van der Waals surface area contributed by atoms with Crippen molar-refractivity contribution in [3.63, 3.8) is 0 Å². The van der Waals surface area contributed by atoms with Gasteiger partial charge in [0.25, 0.3) is 0 Å². The highest BCUT2D eigenvalue weighted by molar-refractivity contribution is 5.77. The van der Waals surface area contributed by atoms with E-state index in [-0.39, 0.29) is 11.8 Å². The van der Waals surface area contributed by atoms with E-state index in [2.05, 4.69) is 5.32 Å². The first-order chi connectivity index (χ1) is 12.0. The van der Waals surface area contributed by atoms with E-state index in [0.29, 0.717) is 16.7 Å². The molecule has 0 radical (unpaired) electrons. The highest BCUT2D eigenvalue weighted by Crippen LogP contribution is 2.25. The summed E-state index contributed by atoms with van der Waals surface area (Å²) in [5.41, 5.74) is 1.70. The fraction of sp³-hybridized carbons (Fsp3) is 0.263. The van der Waals surface area contributed by atoms with Crippen LogP contribution in [0, 0.1) is 17.1 Å². The third kappa shape index (κ3) is 4.34. The number of nitriles is 1. The number of hydrogen-bond acceptors (Lipinski definition) is 5. The van der Waals surface area contributed by atoms with Crippen molar-refractivity contribution in [2.75, 3.05) is 14.2 Å². The molecule has 0 aliphatic carbocycles. The van der Waals surface area contributed by atoms with Gasteiger partial charge in [-0.2, -0.15) is 5.26 Å². The summed E-state index contributed by atoms with van der Waals surface area (Å²) in [6.45, 7) is 1.81. The lowest BCUT2D eigenvalue weighted by Crippen LogP contribution is -2.31. The number of esters is 1. The predicted octanol–water partition coefficient (Wildman–Crippen LogP) is 3.27. The number of ether oxygens (including phenoxy) is 2. The SMILES string of the molecule is COC(=O)[C@H](N[C@@H](C)c1ccc(OC)c(F)c1)c1cccc(C#N)c1. The van der Waals surface area contributed by atoms with Crippen LogP contribution in [0.15, 0.2) is 42.5 Å². The van der Waals surface area contributed by atoms with Crippen molar-refractivity contribution in [3.05, 3.63) is 65.0 Å². The number of carbonyl (C=O) groups excluding carboxylic acids is 1. The first-order valence-corrected chi connectivity index (χ1v) is 7.67. The van der Waals surface area contributed by atoms with Gasteiger partial charge >= 0.3 is 5.97 Å². The van der Waals surface area contributed by atoms with Gasteiger partial charge in [-0.25, -0.2) is 9.18 Å². The molecule has 130 valence electrons. The minimum absolute atomic E-state index is 0.155. The number of benzene rings is 2. The summed E-state index contributed by atoms with van der Waals surface area (Å²) < 4.78 is 23.7. The molecule has 25 heavy (non-hydrogen) atoms. The first-order valence-electron chi connectivity index (χ1n) is 7.67. The minimum atomic E-state index is -0.779. The second-order valence-electron chi connectivity index (χ2n) is 5.48. The van der Waals surface area contributed by atoms with Crippen LogP contribution in [0.4, 0.5) is 4.39 Å². The summed E-state index contributed by atoms with van der Waals surface area (Å²) in [5, 5.41) is 12.2. The van der Waals surface area contributed by atoms with E-state index in [1.807, 2.05) is 13.0 Å². The molecule has 0 aliphatic heterocycles. The fourth-order valence-corrected chi connectivity index (χ4v) is 2.50. The Morgan fingerprint density at radius 1 is 1.20 bits per heavy atom. The third-order valence-electron chi connectivity index (χ3n) is 3.88. The molecule has 6 heteroatoms. The number of nitrogens with one attached hydrogen (secondary N) is 1. The van der Waals surface area contributed by atoms with Gasteiger partial charge in [0.1, 0.15) is 6.04 Å². The second-order valence-corrected chi connectivity index (χ2v) is 5.48. The van der Waals surface area contributed by atoms with Gasteiger partial charge in [0.05, 0.1) is 25.9 Å². The molecule has 0 aromatic heterocycles. The third-order valence-corrected chi connectivity index (χ3v) is 3.88. The maximum Gasteiger partial charge on any atom is 0.327 e. The Hall–Kier alpha value is -2.91. The molecule has 0 heterocycles. The molecule has 2 aromatic rings. The quantitative estimate of drug-likeness (QED) is 0.816. The summed E-state index contributed by atoms with van der Waals surface area (Å²) in [6, 6.07) is 12.2. The molecule has 0 saturated carbocycles. The zero-order chi connectivity index (χ0) is 18.4. The van der Waals surface area contributed by atoms with E-state index in [4.69, 9.17) is 14.7 Å². The average Bonchev–Trinajstić information content (AvgIpc) is 2.65. The number of methoxy groups -OCH3 is 2. The van der Waals surface area contributed by atoms with Crippen molar-refractivity contribution < 1.29 is 18.7 Å². The molecular weight excluding hydrogens is 323 g/mol. The monoisotopic (exact) mass is 342 g/mol. The normalized spacial score (nSPS) is 12.8. The standard InChI is InChI=1S/C19H19FN2O3/c1-12(14-7-8-17(24-2)16(20)10-14)22-18(19(23)25-3)15-6-4-5-13(9-15)11-21/h4-10,12,18,22H,1-3H3/t12-,18+/m0/s1. The predicted molar refractivity (Wildman–Crippen MR) is 90.4 cm³/mol. The molecule has 0 amide bonds. The molecule has 0 saturated heterocycles. The number of carbonyl (C=O) groups is 1. The Balaban J connectivity index is 2.29. The maximum absolute atomic E-state index is 13.9. The van der Waals surface area contributed by atoms with E-state index >= 15 is 0 Å². The molecule has 0 fully saturated rings. The van der Waals surface area contributed by atoms with Crippen molar-refractivity contribution in [1.29, 1.82) is 5.26 Å². The van der Waals surface area contributed by atoms with Gasteiger partial charge in [-0.1, -0.05) is 18.2 Å². The van der Waals surface area contributed by atoms with Crippen LogP contribution >= 0.6 is 0 Å². The van der Waals surface area contributed by atoms with Crippen LogP contribution in [0.25, 0.3) is 0 Å². The van der Waals surface area contributed by atoms with E-state index < -0.39 is 17.8 Å². The molecule has 5 nitrogen and oxygen atoms in total. The van der Waals surface area contributed by atoms with Crippen LogP contribution in [0.5, 0.6) is 5.75 Å². The first kappa shape index (κ1) is 18.4. The van der Waals surface area contributed by atoms with E-state index in [9.17, 15) is 9.18 Å². The molecule has 2 aromatic carbocycles. The number of rotatable bonds is 6. The minimum Gasteiger partial charge on any atom is -0.494 e. The zero-order valence-electron chi connectivity index (χ0n) is 14.2. The van der Waals surface area contributed by atoms with Gasteiger partial charge in [0.15, 0.2) is 11.6 Å². The largest absolute Gasteiger partial charge is 0.494 e. The lowest BCUT2D eigenvalue weighted by Gasteiger charge is -2.22. The van der Waals surface area contributed by atoms with Crippen molar-refractivity contribution >= 4 is 5.97 Å². The highest BCUT2D eigenvalue weighted by Gasteiger charge is 2.24. The topological polar surface area (TPSA) is 71.3 Å². The number of nitrogens with zero attached hydrogens (tertiary/aromatic N) is 1. The van der Waals surface area contributed by atoms with Crippen LogP contribution in [-0.2, 0) is 9.53 Å². The van der Waals surface area contributed by atoms with Crippen LogP contribution in [0.1, 0.15) is 35.7 Å². The Morgan fingerprint density at radius 2 is 1.96 bits per heavy atom. The number of hydrogen-bond donors (Lipinski definition) is 1. The molecule has 0 bridgehead atoms. The van der Waals surface area contributed by atoms with Gasteiger partial charge < -0.3 is 9.47 Å². The highest BCUT2D eigenvalue weighted by atomic mass is 19.1. The fourth-order valence-electron chi connectivity index (χ4n) is 2.50. The maximum atomic E-state index is 13.9. The summed E-state index contributed by atoms with van der Waals surface area (Å²) >= 11 is 0. The van der Waals surface area contributed by atoms with Crippen molar-refractivity contribution in [2.45, 2.75) is 19.0 Å². The average molecular weight is 342 g/mol. The van der Waals surface area contributed by atoms with Crippen LogP contribution in [0.2, 0.25) is 0 Å². The second kappa shape index (κ2) is 8.27. The van der Waals surface area contributed by atoms with Crippen LogP contribution in [-0.4, -0.2) is 20.2 Å². The molecule has 2 rings (SSSR count). The molecular formula is C19H19FN2O3. The molecule has 0 unspecified atom stereocenters. The van der Waals surface area contributed by atoms with Crippen molar-refractivity contribution in [2.24, 2.45) is 0 Å². The van der Waals surface area contributed by atoms with E-state index in [1.54, 1.807) is 30.3 Å². The molecule has 1 N–H and O–H groups in total. The van der Waals surface area contributed by atoms with Gasteiger partial charge in [-0.3, -0.25) is 5.32 Å². The molecule has 2 atom stereocenters. The zero-order valence-corrected chi connectivity index (χ0v) is 14.2. The van der Waals surface area contributed by atoms with Crippen LogP contribution in [0.3, 0.4) is 0 Å². The lowest BCUT2D eigenvalue weighted by molar-refractivity contribution is -0.143. The van der Waals surface area contributed by atoms with E-state index in [1.165, 1.54) is 26.4 Å². The summed E-state index contributed by atoms with van der Waals surface area (Å²) in [4.78, 5) is 12.2. The van der Waals surface area contributed by atoms with Crippen molar-refractivity contribution in [3.8, 4) is 11.8 Å². The smallest absolute Gasteiger partial charge is 0.327 e. The number of halogens is 1. The Labute approximate surface area is 146 Å². The van der Waals surface area contributed by atoms with E-state index in [0.717, 1.165) is 0 Å². The van der Waals surface area contributed by atoms with Gasteiger partial charge in [0.2, 0.25) is 0 Å². The van der Waals surface area contributed by atoms with Gasteiger partial charge in [-0.05, 0) is 42.3 Å². The Bertz CT molecular complexity index is 801. The Kier molecular flexibility index (Phi) is 6.09. The van der Waals surface area contributed by atoms with Crippen molar-refractivity contribution in [1.82, 2.24) is 5.32 Å². The summed E-state index contributed by atoms with van der Waals surface area (Å²) in [5.74, 6) is -0.812. The van der Waals surface area contributed by atoms with Crippen LogP contribution < -0.4 is 10.1 Å². The summed E-state index contributed by atoms with van der Waals surface area (Å²) in [7, 11) is 2.69. The lowest BCUT2D eigenvalue weighted by atomic mass is 10.0. The summed E-state index contributed by atoms with van der Waals surface area (Å²) in [6.07, 6.45) is 0. The molecule has 0 aliphatic rings. The Morgan fingerprint density at radius 3 is 2.56 bits per heavy atom. The molecule has 0 spiro atoms. The van der Waals surface area contributed by atoms with Gasteiger partial charge in [-0.15, -0.1) is 0 Å². The van der Waals surface area contributed by atoms with Gasteiger partial charge in [0, 0.05) is 6.04 Å².